The molecule has 1 amide bonds. The first kappa shape index (κ1) is 20.0. The molecule has 144 valence electrons. The molecule has 0 radical (unpaired) electrons. The van der Waals surface area contributed by atoms with Gasteiger partial charge in [0, 0.05) is 31.3 Å². The van der Waals surface area contributed by atoms with Crippen molar-refractivity contribution in [1.82, 2.24) is 4.90 Å². The van der Waals surface area contributed by atoms with Crippen molar-refractivity contribution in [1.29, 1.82) is 0 Å². The molecule has 1 aromatic carbocycles. The molecule has 8 heteroatoms. The van der Waals surface area contributed by atoms with Crippen LogP contribution >= 0.6 is 0 Å². The van der Waals surface area contributed by atoms with E-state index in [1.807, 2.05) is 11.8 Å². The van der Waals surface area contributed by atoms with Crippen molar-refractivity contribution in [2.24, 2.45) is 0 Å². The van der Waals surface area contributed by atoms with Crippen LogP contribution in [0.4, 0.5) is 17.1 Å². The minimum atomic E-state index is -0.469. The van der Waals surface area contributed by atoms with E-state index >= 15 is 0 Å². The van der Waals surface area contributed by atoms with Crippen molar-refractivity contribution in [3.05, 3.63) is 28.3 Å². The van der Waals surface area contributed by atoms with Gasteiger partial charge in [-0.05, 0) is 25.8 Å². The molecule has 0 spiro atoms. The Labute approximate surface area is 153 Å². The average Bonchev–Trinajstić information content (AvgIpc) is 2.66. The maximum absolute atomic E-state index is 12.7. The SMILES string of the molecule is CCN(C(=O)CNc1cc([N+](=O)[O-])ccc1NCCO)C1CCCCC1. The number of aliphatic hydroxyl groups is 1. The van der Waals surface area contributed by atoms with Gasteiger partial charge in [-0.1, -0.05) is 19.3 Å². The van der Waals surface area contributed by atoms with Crippen LogP contribution in [0.1, 0.15) is 39.0 Å². The third kappa shape index (κ3) is 5.32. The van der Waals surface area contributed by atoms with E-state index in [1.54, 1.807) is 6.07 Å². The standard InChI is InChI=1S/C18H28N4O4/c1-2-21(14-6-4-3-5-7-14)18(24)13-20-17-12-15(22(25)26)8-9-16(17)19-10-11-23/h8-9,12,14,19-20,23H,2-7,10-11,13H2,1H3. The summed E-state index contributed by atoms with van der Waals surface area (Å²) in [6.07, 6.45) is 5.62. The molecule has 26 heavy (non-hydrogen) atoms. The number of nitrogens with zero attached hydrogens (tertiary/aromatic N) is 2. The number of rotatable bonds is 9. The number of carbonyl (C=O) groups excluding carboxylic acids is 1. The number of aliphatic hydroxyl groups excluding tert-OH is 1. The maximum atomic E-state index is 12.7. The van der Waals surface area contributed by atoms with Crippen LogP contribution in [0.15, 0.2) is 18.2 Å². The predicted molar refractivity (Wildman–Crippen MR) is 101 cm³/mol. The number of anilines is 2. The number of hydrogen-bond donors (Lipinski definition) is 3. The second-order valence-electron chi connectivity index (χ2n) is 6.46. The van der Waals surface area contributed by atoms with Crippen molar-refractivity contribution in [2.45, 2.75) is 45.1 Å². The van der Waals surface area contributed by atoms with Crippen LogP contribution in [-0.4, -0.2) is 53.1 Å². The third-order valence-corrected chi connectivity index (χ3v) is 4.75. The van der Waals surface area contributed by atoms with Gasteiger partial charge in [0.1, 0.15) is 0 Å². The molecule has 1 saturated carbocycles. The molecule has 2 rings (SSSR count). The van der Waals surface area contributed by atoms with Crippen molar-refractivity contribution in [2.75, 3.05) is 36.9 Å². The summed E-state index contributed by atoms with van der Waals surface area (Å²) in [5.74, 6) is -0.000913. The molecule has 1 fully saturated rings. The summed E-state index contributed by atoms with van der Waals surface area (Å²) in [5, 5.41) is 26.0. The van der Waals surface area contributed by atoms with Crippen LogP contribution in [0.3, 0.4) is 0 Å². The lowest BCUT2D eigenvalue weighted by Gasteiger charge is -2.33. The van der Waals surface area contributed by atoms with Gasteiger partial charge in [0.2, 0.25) is 5.91 Å². The average molecular weight is 364 g/mol. The first-order valence-electron chi connectivity index (χ1n) is 9.23. The summed E-state index contributed by atoms with van der Waals surface area (Å²) in [7, 11) is 0. The summed E-state index contributed by atoms with van der Waals surface area (Å²) in [6, 6.07) is 4.68. The number of nitrogens with one attached hydrogen (secondary N) is 2. The molecule has 8 nitrogen and oxygen atoms in total. The van der Waals surface area contributed by atoms with Crippen LogP contribution in [-0.2, 0) is 4.79 Å². The summed E-state index contributed by atoms with van der Waals surface area (Å²) in [6.45, 7) is 2.99. The first-order chi connectivity index (χ1) is 12.6. The predicted octanol–water partition coefficient (Wildman–Crippen LogP) is 2.59. The highest BCUT2D eigenvalue weighted by molar-refractivity contribution is 5.83. The second-order valence-corrected chi connectivity index (χ2v) is 6.46. The molecule has 0 saturated heterocycles. The first-order valence-corrected chi connectivity index (χ1v) is 9.23. The number of carbonyl (C=O) groups is 1. The van der Waals surface area contributed by atoms with Crippen molar-refractivity contribution in [3.8, 4) is 0 Å². The Balaban J connectivity index is 2.06. The highest BCUT2D eigenvalue weighted by Gasteiger charge is 2.24. The normalized spacial score (nSPS) is 14.7. The maximum Gasteiger partial charge on any atom is 0.271 e. The van der Waals surface area contributed by atoms with Gasteiger partial charge in [-0.3, -0.25) is 14.9 Å². The van der Waals surface area contributed by atoms with Crippen LogP contribution < -0.4 is 10.6 Å². The summed E-state index contributed by atoms with van der Waals surface area (Å²) < 4.78 is 0. The zero-order valence-corrected chi connectivity index (χ0v) is 15.2. The molecule has 1 aliphatic rings. The topological polar surface area (TPSA) is 108 Å². The van der Waals surface area contributed by atoms with E-state index < -0.39 is 4.92 Å². The number of benzene rings is 1. The smallest absolute Gasteiger partial charge is 0.271 e. The Morgan fingerprint density at radius 2 is 2.00 bits per heavy atom. The number of hydrogen-bond acceptors (Lipinski definition) is 6. The Morgan fingerprint density at radius 1 is 1.27 bits per heavy atom. The molecule has 0 unspecified atom stereocenters. The summed E-state index contributed by atoms with van der Waals surface area (Å²) in [5.41, 5.74) is 1.06. The van der Waals surface area contributed by atoms with Gasteiger partial charge in [-0.15, -0.1) is 0 Å². The Hall–Kier alpha value is -2.35. The lowest BCUT2D eigenvalue weighted by Crippen LogP contribution is -2.44. The van der Waals surface area contributed by atoms with Gasteiger partial charge in [0.15, 0.2) is 0 Å². The van der Waals surface area contributed by atoms with Crippen LogP contribution in [0.2, 0.25) is 0 Å². The van der Waals surface area contributed by atoms with Gasteiger partial charge < -0.3 is 20.6 Å². The minimum absolute atomic E-state index is 0.000913. The van der Waals surface area contributed by atoms with Crippen molar-refractivity contribution >= 4 is 23.0 Å². The molecule has 1 aliphatic carbocycles. The zero-order chi connectivity index (χ0) is 18.9. The summed E-state index contributed by atoms with van der Waals surface area (Å²) in [4.78, 5) is 25.1. The van der Waals surface area contributed by atoms with Crippen LogP contribution in [0, 0.1) is 10.1 Å². The molecular weight excluding hydrogens is 336 g/mol. The minimum Gasteiger partial charge on any atom is -0.395 e. The fourth-order valence-corrected chi connectivity index (χ4v) is 3.44. The zero-order valence-electron chi connectivity index (χ0n) is 15.2. The van der Waals surface area contributed by atoms with E-state index in [0.717, 1.165) is 25.7 Å². The largest absolute Gasteiger partial charge is 0.395 e. The van der Waals surface area contributed by atoms with E-state index in [0.29, 0.717) is 30.5 Å². The van der Waals surface area contributed by atoms with E-state index in [1.165, 1.54) is 18.6 Å². The van der Waals surface area contributed by atoms with E-state index in [-0.39, 0.29) is 24.7 Å². The van der Waals surface area contributed by atoms with Crippen molar-refractivity contribution in [3.63, 3.8) is 0 Å². The van der Waals surface area contributed by atoms with E-state index in [4.69, 9.17) is 5.11 Å². The molecule has 1 aromatic rings. The second kappa shape index (κ2) is 9.96. The van der Waals surface area contributed by atoms with Crippen LogP contribution in [0.5, 0.6) is 0 Å². The molecular formula is C18H28N4O4. The lowest BCUT2D eigenvalue weighted by atomic mass is 9.94. The number of nitro groups is 1. The van der Waals surface area contributed by atoms with Gasteiger partial charge in [-0.25, -0.2) is 0 Å². The van der Waals surface area contributed by atoms with Gasteiger partial charge in [0.25, 0.3) is 5.69 Å². The Morgan fingerprint density at radius 3 is 2.62 bits per heavy atom. The number of likely N-dealkylation sites (N-methyl/N-ethyl adjacent to an activating group) is 1. The molecule has 0 aliphatic heterocycles. The Kier molecular flexibility index (Phi) is 7.65. The number of amides is 1. The number of nitro benzene ring substituents is 1. The molecule has 0 aromatic heterocycles. The fourth-order valence-electron chi connectivity index (χ4n) is 3.44. The molecule has 3 N–H and O–H groups in total. The number of non-ortho nitro benzene ring substituents is 1. The highest BCUT2D eigenvalue weighted by atomic mass is 16.6. The fraction of sp³-hybridized carbons (Fsp3) is 0.611. The van der Waals surface area contributed by atoms with Gasteiger partial charge in [-0.2, -0.15) is 0 Å². The van der Waals surface area contributed by atoms with E-state index in [2.05, 4.69) is 10.6 Å². The summed E-state index contributed by atoms with van der Waals surface area (Å²) >= 11 is 0. The third-order valence-electron chi connectivity index (χ3n) is 4.75. The molecule has 0 atom stereocenters. The van der Waals surface area contributed by atoms with E-state index in [9.17, 15) is 14.9 Å². The van der Waals surface area contributed by atoms with Gasteiger partial charge in [0.05, 0.1) is 29.4 Å². The van der Waals surface area contributed by atoms with Crippen molar-refractivity contribution < 1.29 is 14.8 Å². The quantitative estimate of drug-likeness (QED) is 0.459. The van der Waals surface area contributed by atoms with Crippen LogP contribution in [0.25, 0.3) is 0 Å². The van der Waals surface area contributed by atoms with Gasteiger partial charge >= 0.3 is 0 Å². The Bertz CT molecular complexity index is 617. The lowest BCUT2D eigenvalue weighted by molar-refractivity contribution is -0.384. The monoisotopic (exact) mass is 364 g/mol. The molecule has 0 heterocycles. The molecule has 0 bridgehead atoms. The highest BCUT2D eigenvalue weighted by Crippen LogP contribution is 2.27.